The molecule has 0 aliphatic heterocycles. The highest BCUT2D eigenvalue weighted by molar-refractivity contribution is 5.49. The zero-order valence-corrected chi connectivity index (χ0v) is 5.52. The molecule has 0 amide bonds. The highest BCUT2D eigenvalue weighted by atomic mass is 16.5. The number of aromatic hydroxyl groups is 2. The van der Waals surface area contributed by atoms with Gasteiger partial charge >= 0.3 is 0 Å². The number of carbonyl (C=O) groups is 1. The predicted octanol–water partition coefficient (Wildman–Crippen LogP) is 1.27. The number of hydrogen-bond donors (Lipinski definition) is 2. The Morgan fingerprint density at radius 2 is 1.67 bits per heavy atom. The van der Waals surface area contributed by atoms with Crippen molar-refractivity contribution in [3.05, 3.63) is 18.2 Å². The van der Waals surface area contributed by atoms with E-state index in [0.717, 1.165) is 6.07 Å². The second-order valence-corrected chi connectivity index (χ2v) is 1.90. The molecule has 0 bridgehead atoms. The third-order valence-corrected chi connectivity index (χ3v) is 1.06. The van der Waals surface area contributed by atoms with E-state index in [1.807, 2.05) is 0 Å². The Hall–Kier alpha value is -1.71. The smallest absolute Gasteiger partial charge is 0.298 e. The Labute approximate surface area is 70.0 Å². The fraction of sp³-hybridized carbons (Fsp3) is 0.125. The molecule has 0 heterocycles. The van der Waals surface area contributed by atoms with Crippen molar-refractivity contribution in [2.24, 2.45) is 0 Å². The summed E-state index contributed by atoms with van der Waals surface area (Å²) < 4.78 is 4.37. The minimum atomic E-state index is -0.151. The number of ether oxygens (including phenoxy) is 1. The van der Waals surface area contributed by atoms with Crippen molar-refractivity contribution < 1.29 is 19.7 Å². The van der Waals surface area contributed by atoms with E-state index < -0.39 is 0 Å². The van der Waals surface area contributed by atoms with Gasteiger partial charge in [0.2, 0.25) is 0 Å². The highest BCUT2D eigenvalue weighted by Crippen LogP contribution is 2.24. The number of benzene rings is 1. The molecular weight excluding hydrogens is 160 g/mol. The molecule has 0 saturated heterocycles. The van der Waals surface area contributed by atoms with E-state index in [1.165, 1.54) is 12.1 Å². The molecule has 0 unspecified atom stereocenters. The second kappa shape index (κ2) is 4.23. The molecular formula is C8H10O4. The summed E-state index contributed by atoms with van der Waals surface area (Å²) in [6, 6.07) is 3.57. The first kappa shape index (κ1) is 10.3. The van der Waals surface area contributed by atoms with E-state index in [0.29, 0.717) is 0 Å². The molecule has 0 radical (unpaired) electrons. The Bertz CT molecular complexity index is 250. The largest absolute Gasteiger partial charge is 0.508 e. The lowest BCUT2D eigenvalue weighted by atomic mass is 10.3. The van der Waals surface area contributed by atoms with Crippen LogP contribution in [0.4, 0.5) is 0 Å². The number of rotatable bonds is 2. The average Bonchev–Trinajstić information content (AvgIpc) is 1.85. The minimum absolute atomic E-state index is 0. The summed E-state index contributed by atoms with van der Waals surface area (Å²) >= 11 is 0. The first-order valence-electron chi connectivity index (χ1n) is 2.85. The SMILES string of the molecule is C.O=COc1cc(O)cc(O)c1. The molecule has 0 aliphatic carbocycles. The van der Waals surface area contributed by atoms with E-state index in [-0.39, 0.29) is 31.1 Å². The molecule has 1 aromatic rings. The predicted molar refractivity (Wildman–Crippen MR) is 43.2 cm³/mol. The van der Waals surface area contributed by atoms with Crippen LogP contribution >= 0.6 is 0 Å². The van der Waals surface area contributed by atoms with Crippen LogP contribution in [0, 0.1) is 0 Å². The van der Waals surface area contributed by atoms with E-state index in [1.54, 1.807) is 0 Å². The lowest BCUT2D eigenvalue weighted by molar-refractivity contribution is -0.120. The standard InChI is InChI=1S/C7H6O4.CH4/c8-4-11-7-2-5(9)1-6(10)3-7;/h1-4,9-10H;1H4. The molecule has 0 aliphatic rings. The topological polar surface area (TPSA) is 66.8 Å². The van der Waals surface area contributed by atoms with Crippen LogP contribution in [0.5, 0.6) is 17.2 Å². The third kappa shape index (κ3) is 2.49. The Morgan fingerprint density at radius 1 is 1.17 bits per heavy atom. The zero-order valence-electron chi connectivity index (χ0n) is 5.52. The maximum atomic E-state index is 9.81. The lowest BCUT2D eigenvalue weighted by Gasteiger charge is -1.98. The normalized spacial score (nSPS) is 8.33. The van der Waals surface area contributed by atoms with Crippen molar-refractivity contribution in [2.45, 2.75) is 7.43 Å². The van der Waals surface area contributed by atoms with Gasteiger partial charge in [0.25, 0.3) is 6.47 Å². The first-order chi connectivity index (χ1) is 5.22. The summed E-state index contributed by atoms with van der Waals surface area (Å²) in [7, 11) is 0. The number of hydrogen-bond acceptors (Lipinski definition) is 4. The quantitative estimate of drug-likeness (QED) is 0.656. The van der Waals surface area contributed by atoms with E-state index in [2.05, 4.69) is 4.74 Å². The van der Waals surface area contributed by atoms with Crippen LogP contribution in [-0.2, 0) is 4.79 Å². The maximum Gasteiger partial charge on any atom is 0.298 e. The zero-order chi connectivity index (χ0) is 8.27. The summed E-state index contributed by atoms with van der Waals surface area (Å²) in [6.45, 7) is 0.216. The Balaban J connectivity index is 0.00000121. The summed E-state index contributed by atoms with van der Waals surface area (Å²) in [4.78, 5) is 9.81. The van der Waals surface area contributed by atoms with E-state index in [4.69, 9.17) is 10.2 Å². The van der Waals surface area contributed by atoms with Crippen LogP contribution in [0.2, 0.25) is 0 Å². The van der Waals surface area contributed by atoms with Crippen LogP contribution in [0.1, 0.15) is 7.43 Å². The molecule has 12 heavy (non-hydrogen) atoms. The number of phenolic OH excluding ortho intramolecular Hbond substituents is 2. The van der Waals surface area contributed by atoms with Crippen LogP contribution in [0.25, 0.3) is 0 Å². The van der Waals surface area contributed by atoms with Crippen LogP contribution in [-0.4, -0.2) is 16.7 Å². The number of phenols is 2. The molecule has 0 aromatic heterocycles. The first-order valence-corrected chi connectivity index (χ1v) is 2.85. The van der Waals surface area contributed by atoms with E-state index >= 15 is 0 Å². The molecule has 2 N–H and O–H groups in total. The van der Waals surface area contributed by atoms with Crippen molar-refractivity contribution in [3.63, 3.8) is 0 Å². The van der Waals surface area contributed by atoms with Gasteiger partial charge < -0.3 is 14.9 Å². The molecule has 0 fully saturated rings. The van der Waals surface area contributed by atoms with Crippen molar-refractivity contribution in [1.29, 1.82) is 0 Å². The van der Waals surface area contributed by atoms with Crippen LogP contribution in [0.3, 0.4) is 0 Å². The van der Waals surface area contributed by atoms with Gasteiger partial charge in [-0.25, -0.2) is 0 Å². The van der Waals surface area contributed by atoms with Crippen molar-refractivity contribution >= 4 is 6.47 Å². The van der Waals surface area contributed by atoms with Crippen LogP contribution in [0.15, 0.2) is 18.2 Å². The Kier molecular flexibility index (Phi) is 3.62. The van der Waals surface area contributed by atoms with Crippen LogP contribution < -0.4 is 4.74 Å². The van der Waals surface area contributed by atoms with Gasteiger partial charge in [0.15, 0.2) is 0 Å². The monoisotopic (exact) mass is 170 g/mol. The van der Waals surface area contributed by atoms with Gasteiger partial charge in [-0.15, -0.1) is 0 Å². The van der Waals surface area contributed by atoms with Crippen molar-refractivity contribution in [1.82, 2.24) is 0 Å². The second-order valence-electron chi connectivity index (χ2n) is 1.90. The third-order valence-electron chi connectivity index (χ3n) is 1.06. The molecule has 4 heteroatoms. The van der Waals surface area contributed by atoms with Gasteiger partial charge in [0.05, 0.1) is 0 Å². The Morgan fingerprint density at radius 3 is 2.08 bits per heavy atom. The van der Waals surface area contributed by atoms with Gasteiger partial charge in [-0.2, -0.15) is 0 Å². The lowest BCUT2D eigenvalue weighted by Crippen LogP contribution is -1.87. The highest BCUT2D eigenvalue weighted by Gasteiger charge is 1.98. The average molecular weight is 170 g/mol. The molecule has 66 valence electrons. The summed E-state index contributed by atoms with van der Waals surface area (Å²) in [6.07, 6.45) is 0. The van der Waals surface area contributed by atoms with Gasteiger partial charge in [-0.1, -0.05) is 7.43 Å². The fourth-order valence-electron chi connectivity index (χ4n) is 0.692. The molecule has 0 atom stereocenters. The summed E-state index contributed by atoms with van der Waals surface area (Å²) in [5, 5.41) is 17.7. The van der Waals surface area contributed by atoms with Gasteiger partial charge in [-0.05, 0) is 0 Å². The van der Waals surface area contributed by atoms with Gasteiger partial charge in [0.1, 0.15) is 17.2 Å². The number of carbonyl (C=O) groups excluding carboxylic acids is 1. The maximum absolute atomic E-state index is 9.81. The summed E-state index contributed by atoms with van der Waals surface area (Å²) in [5.41, 5.74) is 0. The summed E-state index contributed by atoms with van der Waals surface area (Å²) in [5.74, 6) is -0.193. The molecule has 0 spiro atoms. The molecule has 1 aromatic carbocycles. The molecule has 0 saturated carbocycles. The minimum Gasteiger partial charge on any atom is -0.508 e. The van der Waals surface area contributed by atoms with Gasteiger partial charge in [-0.3, -0.25) is 4.79 Å². The van der Waals surface area contributed by atoms with Gasteiger partial charge in [0, 0.05) is 18.2 Å². The molecule has 1 rings (SSSR count). The van der Waals surface area contributed by atoms with E-state index in [9.17, 15) is 4.79 Å². The fourth-order valence-corrected chi connectivity index (χ4v) is 0.692. The molecule has 4 nitrogen and oxygen atoms in total. The van der Waals surface area contributed by atoms with Crippen molar-refractivity contribution in [2.75, 3.05) is 0 Å². The van der Waals surface area contributed by atoms with Crippen molar-refractivity contribution in [3.8, 4) is 17.2 Å².